The minimum absolute atomic E-state index is 0.649. The standard InChI is InChI=1S/C12H17BrN2/c1-3-4-9-7-10(9)15-12-11(13)8(2)5-6-14-12/h5-6,9-10H,3-4,7H2,1-2H3,(H,14,15). The molecule has 0 amide bonds. The van der Waals surface area contributed by atoms with E-state index in [1.165, 1.54) is 24.8 Å². The van der Waals surface area contributed by atoms with Crippen molar-refractivity contribution in [2.75, 3.05) is 5.32 Å². The summed E-state index contributed by atoms with van der Waals surface area (Å²) >= 11 is 3.57. The summed E-state index contributed by atoms with van der Waals surface area (Å²) in [7, 11) is 0. The molecule has 1 aromatic heterocycles. The molecule has 2 nitrogen and oxygen atoms in total. The minimum Gasteiger partial charge on any atom is -0.366 e. The van der Waals surface area contributed by atoms with E-state index < -0.39 is 0 Å². The Kier molecular flexibility index (Phi) is 3.29. The highest BCUT2D eigenvalue weighted by Crippen LogP contribution is 2.38. The second-order valence-corrected chi connectivity index (χ2v) is 5.12. The lowest BCUT2D eigenvalue weighted by Gasteiger charge is -2.08. The molecule has 0 spiro atoms. The highest BCUT2D eigenvalue weighted by atomic mass is 79.9. The van der Waals surface area contributed by atoms with Crippen molar-refractivity contribution in [3.05, 3.63) is 22.3 Å². The predicted octanol–water partition coefficient (Wildman–Crippen LogP) is 3.75. The van der Waals surface area contributed by atoms with Crippen LogP contribution in [0.5, 0.6) is 0 Å². The van der Waals surface area contributed by atoms with Crippen molar-refractivity contribution in [3.8, 4) is 0 Å². The van der Waals surface area contributed by atoms with E-state index >= 15 is 0 Å². The van der Waals surface area contributed by atoms with Gasteiger partial charge in [-0.3, -0.25) is 0 Å². The number of aromatic nitrogens is 1. The number of pyridine rings is 1. The number of halogens is 1. The molecule has 1 aromatic rings. The number of aryl methyl sites for hydroxylation is 1. The topological polar surface area (TPSA) is 24.9 Å². The van der Waals surface area contributed by atoms with Gasteiger partial charge in [0.25, 0.3) is 0 Å². The van der Waals surface area contributed by atoms with Crippen LogP contribution in [0.3, 0.4) is 0 Å². The zero-order valence-corrected chi connectivity index (χ0v) is 10.8. The first kappa shape index (κ1) is 10.9. The molecule has 1 aliphatic carbocycles. The third-order valence-electron chi connectivity index (χ3n) is 2.99. The van der Waals surface area contributed by atoms with Gasteiger partial charge in [0.2, 0.25) is 0 Å². The summed E-state index contributed by atoms with van der Waals surface area (Å²) in [6, 6.07) is 2.67. The fourth-order valence-electron chi connectivity index (χ4n) is 1.93. The maximum Gasteiger partial charge on any atom is 0.140 e. The van der Waals surface area contributed by atoms with Crippen LogP contribution in [0.25, 0.3) is 0 Å². The molecule has 2 atom stereocenters. The Morgan fingerprint density at radius 2 is 2.40 bits per heavy atom. The van der Waals surface area contributed by atoms with Crippen molar-refractivity contribution in [2.24, 2.45) is 5.92 Å². The average molecular weight is 269 g/mol. The van der Waals surface area contributed by atoms with Crippen LogP contribution >= 0.6 is 15.9 Å². The molecule has 82 valence electrons. The summed E-state index contributed by atoms with van der Waals surface area (Å²) in [5.74, 6) is 1.86. The molecule has 1 fully saturated rings. The third kappa shape index (κ3) is 2.51. The molecule has 2 rings (SSSR count). The van der Waals surface area contributed by atoms with E-state index in [1.54, 1.807) is 0 Å². The lowest BCUT2D eigenvalue weighted by Crippen LogP contribution is -2.07. The Morgan fingerprint density at radius 3 is 3.13 bits per heavy atom. The van der Waals surface area contributed by atoms with Gasteiger partial charge >= 0.3 is 0 Å². The molecule has 0 saturated heterocycles. The van der Waals surface area contributed by atoms with Crippen LogP contribution in [0.2, 0.25) is 0 Å². The third-order valence-corrected chi connectivity index (χ3v) is 3.99. The molecule has 1 aliphatic rings. The summed E-state index contributed by atoms with van der Waals surface area (Å²) in [6.45, 7) is 4.34. The number of hydrogen-bond donors (Lipinski definition) is 1. The van der Waals surface area contributed by atoms with Gasteiger partial charge in [-0.1, -0.05) is 13.3 Å². The van der Waals surface area contributed by atoms with Crippen LogP contribution in [0, 0.1) is 12.8 Å². The number of anilines is 1. The lowest BCUT2D eigenvalue weighted by atomic mass is 10.2. The highest BCUT2D eigenvalue weighted by molar-refractivity contribution is 9.10. The molecule has 2 unspecified atom stereocenters. The van der Waals surface area contributed by atoms with Crippen LogP contribution in [-0.4, -0.2) is 11.0 Å². The molecular weight excluding hydrogens is 252 g/mol. The van der Waals surface area contributed by atoms with Gasteiger partial charge in [-0.2, -0.15) is 0 Å². The molecule has 0 bridgehead atoms. The summed E-state index contributed by atoms with van der Waals surface area (Å²) in [6.07, 6.45) is 5.78. The first-order valence-electron chi connectivity index (χ1n) is 5.60. The fourth-order valence-corrected chi connectivity index (χ4v) is 2.28. The van der Waals surface area contributed by atoms with Crippen LogP contribution in [0.4, 0.5) is 5.82 Å². The smallest absolute Gasteiger partial charge is 0.140 e. The molecule has 1 N–H and O–H groups in total. The Morgan fingerprint density at radius 1 is 1.60 bits per heavy atom. The molecule has 15 heavy (non-hydrogen) atoms. The van der Waals surface area contributed by atoms with Crippen molar-refractivity contribution in [1.82, 2.24) is 4.98 Å². The van der Waals surface area contributed by atoms with Gasteiger partial charge in [-0.25, -0.2) is 4.98 Å². The lowest BCUT2D eigenvalue weighted by molar-refractivity contribution is 0.692. The van der Waals surface area contributed by atoms with Gasteiger partial charge in [0.1, 0.15) is 5.82 Å². The largest absolute Gasteiger partial charge is 0.366 e. The van der Waals surface area contributed by atoms with Gasteiger partial charge < -0.3 is 5.32 Å². The summed E-state index contributed by atoms with van der Waals surface area (Å²) in [5, 5.41) is 3.50. The Labute approximate surface area is 99.6 Å². The Bertz CT molecular complexity index is 351. The van der Waals surface area contributed by atoms with Crippen LogP contribution in [0.1, 0.15) is 31.7 Å². The van der Waals surface area contributed by atoms with Crippen molar-refractivity contribution in [3.63, 3.8) is 0 Å². The zero-order valence-electron chi connectivity index (χ0n) is 9.26. The minimum atomic E-state index is 0.649. The van der Waals surface area contributed by atoms with Crippen LogP contribution in [-0.2, 0) is 0 Å². The second kappa shape index (κ2) is 4.52. The summed E-state index contributed by atoms with van der Waals surface area (Å²) < 4.78 is 1.10. The summed E-state index contributed by atoms with van der Waals surface area (Å²) in [4.78, 5) is 4.36. The summed E-state index contributed by atoms with van der Waals surface area (Å²) in [5.41, 5.74) is 1.24. The molecule has 0 aliphatic heterocycles. The molecule has 3 heteroatoms. The van der Waals surface area contributed by atoms with E-state index in [4.69, 9.17) is 0 Å². The first-order chi connectivity index (χ1) is 7.22. The van der Waals surface area contributed by atoms with Gasteiger partial charge in [-0.15, -0.1) is 0 Å². The van der Waals surface area contributed by atoms with Gasteiger partial charge in [-0.05, 0) is 53.2 Å². The van der Waals surface area contributed by atoms with Crippen LogP contribution < -0.4 is 5.32 Å². The first-order valence-corrected chi connectivity index (χ1v) is 6.39. The number of nitrogens with one attached hydrogen (secondary N) is 1. The normalized spacial score (nSPS) is 23.9. The number of hydrogen-bond acceptors (Lipinski definition) is 2. The van der Waals surface area contributed by atoms with Crippen molar-refractivity contribution in [2.45, 2.75) is 39.2 Å². The molecule has 1 heterocycles. The van der Waals surface area contributed by atoms with Crippen LogP contribution in [0.15, 0.2) is 16.7 Å². The number of nitrogens with zero attached hydrogens (tertiary/aromatic N) is 1. The molecule has 1 saturated carbocycles. The van der Waals surface area contributed by atoms with Gasteiger partial charge in [0.15, 0.2) is 0 Å². The quantitative estimate of drug-likeness (QED) is 0.900. The van der Waals surface area contributed by atoms with E-state index in [0.29, 0.717) is 6.04 Å². The molecule has 0 radical (unpaired) electrons. The second-order valence-electron chi connectivity index (χ2n) is 4.33. The average Bonchev–Trinajstić information content (AvgIpc) is 2.93. The maximum absolute atomic E-state index is 4.36. The Balaban J connectivity index is 1.98. The number of rotatable bonds is 4. The van der Waals surface area contributed by atoms with Gasteiger partial charge in [0, 0.05) is 12.2 Å². The van der Waals surface area contributed by atoms with E-state index in [-0.39, 0.29) is 0 Å². The highest BCUT2D eigenvalue weighted by Gasteiger charge is 2.36. The maximum atomic E-state index is 4.36. The fraction of sp³-hybridized carbons (Fsp3) is 0.583. The predicted molar refractivity (Wildman–Crippen MR) is 67.1 cm³/mol. The van der Waals surface area contributed by atoms with Crippen molar-refractivity contribution in [1.29, 1.82) is 0 Å². The van der Waals surface area contributed by atoms with E-state index in [2.05, 4.69) is 40.1 Å². The van der Waals surface area contributed by atoms with E-state index in [0.717, 1.165) is 16.2 Å². The SMILES string of the molecule is CCCC1CC1Nc1nccc(C)c1Br. The molecular formula is C12H17BrN2. The van der Waals surface area contributed by atoms with E-state index in [1.807, 2.05) is 12.3 Å². The molecule has 0 aromatic carbocycles. The Hall–Kier alpha value is -0.570. The zero-order chi connectivity index (χ0) is 10.8. The van der Waals surface area contributed by atoms with Gasteiger partial charge in [0.05, 0.1) is 4.47 Å². The monoisotopic (exact) mass is 268 g/mol. The van der Waals surface area contributed by atoms with E-state index in [9.17, 15) is 0 Å². The van der Waals surface area contributed by atoms with Crippen molar-refractivity contribution < 1.29 is 0 Å². The van der Waals surface area contributed by atoms with Crippen molar-refractivity contribution >= 4 is 21.7 Å².